The number of hydrogen-bond donors (Lipinski definition) is 2. The number of carbonyl (C=O) groups is 2. The molecular formula is C19H26N2O3. The van der Waals surface area contributed by atoms with Gasteiger partial charge in [-0.2, -0.15) is 0 Å². The Kier molecular flexibility index (Phi) is 5.51. The number of esters is 1. The molecule has 2 aliphatic rings. The largest absolute Gasteiger partial charge is 0.467 e. The van der Waals surface area contributed by atoms with Gasteiger partial charge in [0.15, 0.2) is 0 Å². The third-order valence-corrected chi connectivity index (χ3v) is 5.34. The third-order valence-electron chi connectivity index (χ3n) is 5.34. The van der Waals surface area contributed by atoms with Crippen molar-refractivity contribution in [1.29, 1.82) is 0 Å². The smallest absolute Gasteiger partial charge is 0.328 e. The number of hydrogen-bond acceptors (Lipinski definition) is 4. The second-order valence-electron chi connectivity index (χ2n) is 6.84. The van der Waals surface area contributed by atoms with Crippen molar-refractivity contribution < 1.29 is 14.3 Å². The van der Waals surface area contributed by atoms with E-state index in [1.165, 1.54) is 13.5 Å². The van der Waals surface area contributed by atoms with E-state index in [9.17, 15) is 9.59 Å². The fourth-order valence-corrected chi connectivity index (χ4v) is 4.14. The Balaban J connectivity index is 1.69. The molecule has 0 radical (unpaired) electrons. The zero-order valence-corrected chi connectivity index (χ0v) is 14.2. The number of fused-ring (bicyclic) bond motifs is 2. The molecule has 1 aliphatic heterocycles. The number of nitrogens with one attached hydrogen (secondary N) is 2. The van der Waals surface area contributed by atoms with Crippen molar-refractivity contribution >= 4 is 11.9 Å². The van der Waals surface area contributed by atoms with Crippen LogP contribution in [0.3, 0.4) is 0 Å². The van der Waals surface area contributed by atoms with Crippen molar-refractivity contribution in [3.05, 3.63) is 35.9 Å². The number of amides is 1. The Hall–Kier alpha value is -1.88. The van der Waals surface area contributed by atoms with Crippen LogP contribution in [0.15, 0.2) is 30.3 Å². The van der Waals surface area contributed by atoms with E-state index in [1.807, 2.05) is 30.3 Å². The fourth-order valence-electron chi connectivity index (χ4n) is 4.14. The number of rotatable bonds is 5. The predicted molar refractivity (Wildman–Crippen MR) is 91.3 cm³/mol. The van der Waals surface area contributed by atoms with Gasteiger partial charge in [0.2, 0.25) is 5.91 Å². The van der Waals surface area contributed by atoms with E-state index in [4.69, 9.17) is 4.74 Å². The van der Waals surface area contributed by atoms with Crippen LogP contribution < -0.4 is 10.6 Å². The van der Waals surface area contributed by atoms with Gasteiger partial charge < -0.3 is 15.4 Å². The number of methoxy groups -OCH3 is 1. The van der Waals surface area contributed by atoms with Crippen LogP contribution in [0.1, 0.15) is 31.2 Å². The van der Waals surface area contributed by atoms with Crippen LogP contribution in [-0.4, -0.2) is 37.6 Å². The molecule has 1 aromatic carbocycles. The quantitative estimate of drug-likeness (QED) is 0.806. The predicted octanol–water partition coefficient (Wildman–Crippen LogP) is 1.67. The van der Waals surface area contributed by atoms with E-state index in [2.05, 4.69) is 10.6 Å². The van der Waals surface area contributed by atoms with Gasteiger partial charge in [-0.15, -0.1) is 0 Å². The molecule has 2 bridgehead atoms. The lowest BCUT2D eigenvalue weighted by molar-refractivity contribution is -0.146. The van der Waals surface area contributed by atoms with Crippen LogP contribution in [0, 0.1) is 11.8 Å². The van der Waals surface area contributed by atoms with E-state index in [0.717, 1.165) is 31.4 Å². The Morgan fingerprint density at radius 3 is 2.75 bits per heavy atom. The van der Waals surface area contributed by atoms with E-state index >= 15 is 0 Å². The molecule has 1 aliphatic carbocycles. The topological polar surface area (TPSA) is 67.4 Å². The molecule has 1 saturated carbocycles. The Morgan fingerprint density at radius 1 is 1.25 bits per heavy atom. The molecule has 130 valence electrons. The van der Waals surface area contributed by atoms with Gasteiger partial charge in [0.25, 0.3) is 0 Å². The summed E-state index contributed by atoms with van der Waals surface area (Å²) in [4.78, 5) is 25.0. The molecule has 2 N–H and O–H groups in total. The summed E-state index contributed by atoms with van der Waals surface area (Å²) in [7, 11) is 1.36. The second kappa shape index (κ2) is 7.79. The minimum atomic E-state index is -0.632. The van der Waals surface area contributed by atoms with Gasteiger partial charge in [0, 0.05) is 12.5 Å². The molecule has 3 rings (SSSR count). The van der Waals surface area contributed by atoms with Crippen molar-refractivity contribution in [3.63, 3.8) is 0 Å². The lowest BCUT2D eigenvalue weighted by Gasteiger charge is -2.42. The van der Waals surface area contributed by atoms with Gasteiger partial charge in [-0.05, 0) is 37.3 Å². The Labute approximate surface area is 143 Å². The summed E-state index contributed by atoms with van der Waals surface area (Å²) < 4.78 is 4.90. The zero-order chi connectivity index (χ0) is 16.9. The second-order valence-corrected chi connectivity index (χ2v) is 6.84. The summed E-state index contributed by atoms with van der Waals surface area (Å²) in [6.45, 7) is 0.990. The molecule has 1 amide bonds. The van der Waals surface area contributed by atoms with Crippen LogP contribution in [0.25, 0.3) is 0 Å². The van der Waals surface area contributed by atoms with Crippen molar-refractivity contribution in [1.82, 2.24) is 10.6 Å². The molecule has 1 heterocycles. The highest BCUT2D eigenvalue weighted by Crippen LogP contribution is 2.35. The number of benzene rings is 1. The van der Waals surface area contributed by atoms with E-state index < -0.39 is 6.04 Å². The average Bonchev–Trinajstić information content (AvgIpc) is 2.60. The van der Waals surface area contributed by atoms with Gasteiger partial charge in [-0.25, -0.2) is 4.79 Å². The molecule has 5 nitrogen and oxygen atoms in total. The molecule has 0 spiro atoms. The van der Waals surface area contributed by atoms with Crippen molar-refractivity contribution in [2.45, 2.75) is 44.2 Å². The zero-order valence-electron chi connectivity index (χ0n) is 14.2. The van der Waals surface area contributed by atoms with Gasteiger partial charge >= 0.3 is 5.97 Å². The molecule has 5 heteroatoms. The number of piperidine rings is 1. The summed E-state index contributed by atoms with van der Waals surface area (Å²) in [5.74, 6) is -0.000172. The van der Waals surface area contributed by atoms with Gasteiger partial charge in [0.1, 0.15) is 6.04 Å². The van der Waals surface area contributed by atoms with E-state index in [-0.39, 0.29) is 23.8 Å². The first-order chi connectivity index (χ1) is 11.7. The summed E-state index contributed by atoms with van der Waals surface area (Å²) >= 11 is 0. The maximum Gasteiger partial charge on any atom is 0.328 e. The summed E-state index contributed by atoms with van der Waals surface area (Å²) in [5, 5.41) is 6.43. The van der Waals surface area contributed by atoms with Crippen LogP contribution in [-0.2, 0) is 20.7 Å². The molecule has 2 fully saturated rings. The maximum absolute atomic E-state index is 12.9. The van der Waals surface area contributed by atoms with Crippen molar-refractivity contribution in [2.75, 3.05) is 13.7 Å². The number of ether oxygens (including phenoxy) is 1. The first-order valence-electron chi connectivity index (χ1n) is 8.84. The monoisotopic (exact) mass is 330 g/mol. The van der Waals surface area contributed by atoms with Gasteiger partial charge in [-0.1, -0.05) is 36.8 Å². The SMILES string of the molecule is COC(=O)[C@H](Cc1ccccc1)NC(=O)[C@@H]1[C@@H]2CCC[C@H]1NCC2. The average molecular weight is 330 g/mol. The summed E-state index contributed by atoms with van der Waals surface area (Å²) in [6, 6.07) is 9.32. The molecular weight excluding hydrogens is 304 g/mol. The highest BCUT2D eigenvalue weighted by molar-refractivity contribution is 5.86. The Morgan fingerprint density at radius 2 is 2.04 bits per heavy atom. The minimum Gasteiger partial charge on any atom is -0.467 e. The highest BCUT2D eigenvalue weighted by Gasteiger charge is 2.41. The highest BCUT2D eigenvalue weighted by atomic mass is 16.5. The normalized spacial score (nSPS) is 27.1. The standard InChI is InChI=1S/C19H26N2O3/c1-24-19(23)16(12-13-6-3-2-4-7-13)21-18(22)17-14-8-5-9-15(17)20-11-10-14/h2-4,6-7,14-17,20H,5,8-12H2,1H3,(H,21,22)/t14-,15-,16+,17-/m1/s1. The van der Waals surface area contributed by atoms with E-state index in [1.54, 1.807) is 0 Å². The molecule has 0 unspecified atom stereocenters. The number of carbonyl (C=O) groups excluding carboxylic acids is 2. The van der Waals surface area contributed by atoms with Crippen LogP contribution >= 0.6 is 0 Å². The van der Waals surface area contributed by atoms with Crippen molar-refractivity contribution in [2.24, 2.45) is 11.8 Å². The third kappa shape index (κ3) is 3.78. The van der Waals surface area contributed by atoms with Gasteiger partial charge in [0.05, 0.1) is 13.0 Å². The van der Waals surface area contributed by atoms with Gasteiger partial charge in [-0.3, -0.25) is 4.79 Å². The van der Waals surface area contributed by atoms with Crippen LogP contribution in [0.4, 0.5) is 0 Å². The molecule has 4 atom stereocenters. The Bertz CT molecular complexity index is 553. The molecule has 1 saturated heterocycles. The molecule has 1 aromatic rings. The summed E-state index contributed by atoms with van der Waals surface area (Å²) in [5.41, 5.74) is 1.01. The van der Waals surface area contributed by atoms with Crippen LogP contribution in [0.5, 0.6) is 0 Å². The lowest BCUT2D eigenvalue weighted by atomic mass is 9.71. The lowest BCUT2D eigenvalue weighted by Crippen LogP contribution is -2.57. The first kappa shape index (κ1) is 17.0. The van der Waals surface area contributed by atoms with Crippen molar-refractivity contribution in [3.8, 4) is 0 Å². The maximum atomic E-state index is 12.9. The molecule has 24 heavy (non-hydrogen) atoms. The molecule has 0 aromatic heterocycles. The van der Waals surface area contributed by atoms with E-state index in [0.29, 0.717) is 12.3 Å². The van der Waals surface area contributed by atoms with Crippen LogP contribution in [0.2, 0.25) is 0 Å². The fraction of sp³-hybridized carbons (Fsp3) is 0.579. The first-order valence-corrected chi connectivity index (χ1v) is 8.84. The minimum absolute atomic E-state index is 0.0109. The summed E-state index contributed by atoms with van der Waals surface area (Å²) in [6.07, 6.45) is 4.81.